The van der Waals surface area contributed by atoms with Gasteiger partial charge in [0.2, 0.25) is 5.13 Å². The van der Waals surface area contributed by atoms with Crippen LogP contribution in [0.2, 0.25) is 0 Å². The van der Waals surface area contributed by atoms with Crippen molar-refractivity contribution in [3.63, 3.8) is 0 Å². The summed E-state index contributed by atoms with van der Waals surface area (Å²) >= 11 is 6.79. The maximum atomic E-state index is 5.41. The number of benzene rings is 2. The van der Waals surface area contributed by atoms with Crippen LogP contribution < -0.4 is 20.9 Å². The fraction of sp³-hybridized carbons (Fsp3) is 0.111. The highest BCUT2D eigenvalue weighted by atomic mass is 32.1. The summed E-state index contributed by atoms with van der Waals surface area (Å²) < 4.78 is 5.41. The van der Waals surface area contributed by atoms with E-state index in [1.54, 1.807) is 0 Å². The molecule has 128 valence electrons. The molecule has 7 heteroatoms. The molecular weight excluding hydrogens is 352 g/mol. The first-order valence-corrected chi connectivity index (χ1v) is 9.10. The van der Waals surface area contributed by atoms with E-state index in [4.69, 9.17) is 17.0 Å². The molecule has 0 atom stereocenters. The van der Waals surface area contributed by atoms with E-state index >= 15 is 0 Å². The minimum Gasteiger partial charge on any atom is -0.494 e. The topological polar surface area (TPSA) is 58.2 Å². The van der Waals surface area contributed by atoms with Gasteiger partial charge in [0, 0.05) is 16.6 Å². The molecule has 0 aliphatic heterocycles. The lowest BCUT2D eigenvalue weighted by Crippen LogP contribution is -2.33. The molecule has 0 bridgehead atoms. The van der Waals surface area contributed by atoms with Gasteiger partial charge < -0.3 is 10.1 Å². The summed E-state index contributed by atoms with van der Waals surface area (Å²) in [6, 6.07) is 17.7. The number of rotatable bonds is 6. The van der Waals surface area contributed by atoms with Crippen molar-refractivity contribution in [3.8, 4) is 17.0 Å². The summed E-state index contributed by atoms with van der Waals surface area (Å²) in [4.78, 5) is 4.53. The number of hydrogen-bond donors (Lipinski definition) is 3. The van der Waals surface area contributed by atoms with Gasteiger partial charge in [-0.1, -0.05) is 30.3 Å². The summed E-state index contributed by atoms with van der Waals surface area (Å²) in [5.74, 6) is 0.835. The standard InChI is InChI=1S/C18H18N4OS2/c1-2-23-15-10-8-14(9-11-15)19-17(24)21-22-18-20-16(12-25-18)13-6-4-3-5-7-13/h3-12H,2H2,1H3,(H,20,22)(H2,19,21,24). The van der Waals surface area contributed by atoms with Gasteiger partial charge in [0.25, 0.3) is 0 Å². The molecular formula is C18H18N4OS2. The Labute approximate surface area is 156 Å². The highest BCUT2D eigenvalue weighted by Gasteiger charge is 2.04. The van der Waals surface area contributed by atoms with Gasteiger partial charge in [0.1, 0.15) is 5.75 Å². The third-order valence-corrected chi connectivity index (χ3v) is 4.24. The molecule has 0 saturated carbocycles. The Bertz CT molecular complexity index is 819. The molecule has 3 aromatic rings. The third-order valence-electron chi connectivity index (χ3n) is 3.28. The van der Waals surface area contributed by atoms with Gasteiger partial charge in [-0.25, -0.2) is 4.98 Å². The molecule has 0 aliphatic carbocycles. The van der Waals surface area contributed by atoms with Crippen LogP contribution >= 0.6 is 23.6 Å². The molecule has 25 heavy (non-hydrogen) atoms. The van der Waals surface area contributed by atoms with Gasteiger partial charge in [0.05, 0.1) is 12.3 Å². The van der Waals surface area contributed by atoms with Gasteiger partial charge in [-0.05, 0) is 43.4 Å². The second-order valence-corrected chi connectivity index (χ2v) is 6.33. The highest BCUT2D eigenvalue weighted by molar-refractivity contribution is 7.80. The molecule has 1 aromatic heterocycles. The Balaban J connectivity index is 1.51. The maximum Gasteiger partial charge on any atom is 0.202 e. The first kappa shape index (κ1) is 17.2. The lowest BCUT2D eigenvalue weighted by Gasteiger charge is -2.11. The fourth-order valence-electron chi connectivity index (χ4n) is 2.15. The zero-order valence-electron chi connectivity index (χ0n) is 13.7. The predicted octanol–water partition coefficient (Wildman–Crippen LogP) is 4.52. The SMILES string of the molecule is CCOc1ccc(NC(=S)NNc2nc(-c3ccccc3)cs2)cc1. The summed E-state index contributed by atoms with van der Waals surface area (Å²) in [7, 11) is 0. The Morgan fingerprint density at radius 3 is 2.60 bits per heavy atom. The van der Waals surface area contributed by atoms with Crippen LogP contribution in [0.1, 0.15) is 6.92 Å². The Kier molecular flexibility index (Phi) is 5.81. The summed E-state index contributed by atoms with van der Waals surface area (Å²) in [6.07, 6.45) is 0. The quantitative estimate of drug-likeness (QED) is 0.438. The van der Waals surface area contributed by atoms with Crippen LogP contribution in [0, 0.1) is 0 Å². The molecule has 3 rings (SSSR count). The molecule has 0 amide bonds. The Hall–Kier alpha value is -2.64. The summed E-state index contributed by atoms with van der Waals surface area (Å²) in [6.45, 7) is 2.61. The third kappa shape index (κ3) is 4.91. The molecule has 2 aromatic carbocycles. The van der Waals surface area contributed by atoms with E-state index in [9.17, 15) is 0 Å². The minimum atomic E-state index is 0.459. The van der Waals surface area contributed by atoms with E-state index in [1.807, 2.05) is 66.9 Å². The van der Waals surface area contributed by atoms with Crippen LogP contribution in [-0.2, 0) is 0 Å². The van der Waals surface area contributed by atoms with Crippen molar-refractivity contribution in [2.45, 2.75) is 6.92 Å². The lowest BCUT2D eigenvalue weighted by atomic mass is 10.2. The second-order valence-electron chi connectivity index (χ2n) is 5.07. The van der Waals surface area contributed by atoms with E-state index in [0.29, 0.717) is 11.7 Å². The number of thiazole rings is 1. The monoisotopic (exact) mass is 370 g/mol. The zero-order valence-corrected chi connectivity index (χ0v) is 15.3. The molecule has 0 saturated heterocycles. The summed E-state index contributed by atoms with van der Waals surface area (Å²) in [5, 5.41) is 6.31. The highest BCUT2D eigenvalue weighted by Crippen LogP contribution is 2.24. The van der Waals surface area contributed by atoms with Crippen molar-refractivity contribution in [2.75, 3.05) is 17.3 Å². The van der Waals surface area contributed by atoms with E-state index in [-0.39, 0.29) is 0 Å². The van der Waals surface area contributed by atoms with E-state index < -0.39 is 0 Å². The minimum absolute atomic E-state index is 0.459. The number of aromatic nitrogens is 1. The van der Waals surface area contributed by atoms with Crippen molar-refractivity contribution < 1.29 is 4.74 Å². The average molecular weight is 371 g/mol. The van der Waals surface area contributed by atoms with Crippen LogP contribution in [0.3, 0.4) is 0 Å². The number of thiocarbonyl (C=S) groups is 1. The second kappa shape index (κ2) is 8.46. The largest absolute Gasteiger partial charge is 0.494 e. The van der Waals surface area contributed by atoms with Crippen molar-refractivity contribution in [3.05, 3.63) is 60.0 Å². The number of hydrazine groups is 1. The zero-order chi connectivity index (χ0) is 17.5. The maximum absolute atomic E-state index is 5.41. The molecule has 0 radical (unpaired) electrons. The lowest BCUT2D eigenvalue weighted by molar-refractivity contribution is 0.340. The Morgan fingerprint density at radius 2 is 1.88 bits per heavy atom. The molecule has 0 aliphatic rings. The van der Waals surface area contributed by atoms with Crippen LogP contribution in [-0.4, -0.2) is 16.7 Å². The fourth-order valence-corrected chi connectivity index (χ4v) is 2.99. The average Bonchev–Trinajstić information content (AvgIpc) is 3.12. The molecule has 3 N–H and O–H groups in total. The molecule has 0 spiro atoms. The normalized spacial score (nSPS) is 10.1. The van der Waals surface area contributed by atoms with Gasteiger partial charge in [0.15, 0.2) is 5.11 Å². The van der Waals surface area contributed by atoms with Gasteiger partial charge in [-0.15, -0.1) is 11.3 Å². The van der Waals surface area contributed by atoms with E-state index in [2.05, 4.69) is 21.2 Å². The van der Waals surface area contributed by atoms with E-state index in [1.165, 1.54) is 11.3 Å². The van der Waals surface area contributed by atoms with Crippen molar-refractivity contribution >= 4 is 39.5 Å². The number of hydrogen-bond acceptors (Lipinski definition) is 5. The predicted molar refractivity (Wildman–Crippen MR) is 108 cm³/mol. The Morgan fingerprint density at radius 1 is 1.12 bits per heavy atom. The summed E-state index contributed by atoms with van der Waals surface area (Å²) in [5.41, 5.74) is 8.85. The van der Waals surface area contributed by atoms with E-state index in [0.717, 1.165) is 27.8 Å². The van der Waals surface area contributed by atoms with Gasteiger partial charge in [-0.2, -0.15) is 0 Å². The number of anilines is 2. The van der Waals surface area contributed by atoms with Crippen LogP contribution in [0.5, 0.6) is 5.75 Å². The smallest absolute Gasteiger partial charge is 0.202 e. The van der Waals surface area contributed by atoms with Crippen LogP contribution in [0.25, 0.3) is 11.3 Å². The first-order valence-electron chi connectivity index (χ1n) is 7.81. The van der Waals surface area contributed by atoms with Gasteiger partial charge in [-0.3, -0.25) is 10.9 Å². The molecule has 1 heterocycles. The van der Waals surface area contributed by atoms with Crippen molar-refractivity contribution in [1.82, 2.24) is 10.4 Å². The molecule has 5 nitrogen and oxygen atoms in total. The first-order chi connectivity index (χ1) is 12.2. The van der Waals surface area contributed by atoms with Crippen LogP contribution in [0.4, 0.5) is 10.8 Å². The molecule has 0 unspecified atom stereocenters. The molecule has 0 fully saturated rings. The van der Waals surface area contributed by atoms with Crippen molar-refractivity contribution in [1.29, 1.82) is 0 Å². The van der Waals surface area contributed by atoms with Crippen molar-refractivity contribution in [2.24, 2.45) is 0 Å². The number of nitrogens with one attached hydrogen (secondary N) is 3. The van der Waals surface area contributed by atoms with Gasteiger partial charge >= 0.3 is 0 Å². The van der Waals surface area contributed by atoms with Crippen LogP contribution in [0.15, 0.2) is 60.0 Å². The number of ether oxygens (including phenoxy) is 1. The number of nitrogens with zero attached hydrogens (tertiary/aromatic N) is 1.